The van der Waals surface area contributed by atoms with E-state index in [4.69, 9.17) is 11.6 Å². The van der Waals surface area contributed by atoms with E-state index in [1.54, 1.807) is 4.90 Å². The summed E-state index contributed by atoms with van der Waals surface area (Å²) >= 11 is 6.04. The number of anilines is 1. The summed E-state index contributed by atoms with van der Waals surface area (Å²) in [6.45, 7) is 6.89. The number of aromatic nitrogens is 1. The van der Waals surface area contributed by atoms with Crippen LogP contribution < -0.4 is 4.90 Å². The van der Waals surface area contributed by atoms with Crippen molar-refractivity contribution in [3.05, 3.63) is 22.8 Å². The molecule has 3 rings (SSSR count). The highest BCUT2D eigenvalue weighted by Crippen LogP contribution is 2.34. The van der Waals surface area contributed by atoms with Crippen LogP contribution in [0.15, 0.2) is 12.3 Å². The SMILES string of the molecule is CC(C)C(=O)N1CCN(C(=O)C2CCN(c3ncc(C(F)(F)F)cc3Cl)CC2)CC1. The van der Waals surface area contributed by atoms with Gasteiger partial charge in [-0.15, -0.1) is 0 Å². The summed E-state index contributed by atoms with van der Waals surface area (Å²) in [6, 6.07) is 0.888. The molecule has 2 amide bonds. The van der Waals surface area contributed by atoms with Gasteiger partial charge in [0, 0.05) is 57.3 Å². The van der Waals surface area contributed by atoms with E-state index in [2.05, 4.69) is 4.98 Å². The molecule has 1 aromatic heterocycles. The predicted molar refractivity (Wildman–Crippen MR) is 107 cm³/mol. The van der Waals surface area contributed by atoms with Crippen LogP contribution in [-0.2, 0) is 15.8 Å². The van der Waals surface area contributed by atoms with Gasteiger partial charge in [0.15, 0.2) is 0 Å². The Balaban J connectivity index is 1.53. The summed E-state index contributed by atoms with van der Waals surface area (Å²) in [5.41, 5.74) is -0.878. The Morgan fingerprint density at radius 2 is 1.63 bits per heavy atom. The molecule has 0 aromatic carbocycles. The minimum Gasteiger partial charge on any atom is -0.355 e. The Labute approximate surface area is 179 Å². The fourth-order valence-electron chi connectivity index (χ4n) is 3.93. The Hall–Kier alpha value is -2.03. The van der Waals surface area contributed by atoms with Gasteiger partial charge in [0.2, 0.25) is 11.8 Å². The van der Waals surface area contributed by atoms with Gasteiger partial charge in [0.05, 0.1) is 10.6 Å². The molecule has 10 heteroatoms. The van der Waals surface area contributed by atoms with Crippen molar-refractivity contribution < 1.29 is 22.8 Å². The van der Waals surface area contributed by atoms with Crippen LogP contribution in [0.5, 0.6) is 0 Å². The largest absolute Gasteiger partial charge is 0.417 e. The molecule has 0 unspecified atom stereocenters. The zero-order valence-electron chi connectivity index (χ0n) is 17.1. The average Bonchev–Trinajstić information content (AvgIpc) is 2.72. The topological polar surface area (TPSA) is 56.8 Å². The lowest BCUT2D eigenvalue weighted by Gasteiger charge is -2.39. The smallest absolute Gasteiger partial charge is 0.355 e. The van der Waals surface area contributed by atoms with Gasteiger partial charge in [-0.3, -0.25) is 9.59 Å². The first kappa shape index (κ1) is 22.7. The lowest BCUT2D eigenvalue weighted by molar-refractivity contribution is -0.143. The van der Waals surface area contributed by atoms with Crippen LogP contribution in [0.4, 0.5) is 19.0 Å². The minimum atomic E-state index is -4.49. The van der Waals surface area contributed by atoms with E-state index in [-0.39, 0.29) is 28.7 Å². The Morgan fingerprint density at radius 1 is 1.07 bits per heavy atom. The number of piperidine rings is 1. The number of rotatable bonds is 3. The molecule has 3 heterocycles. The third-order valence-corrected chi connectivity index (χ3v) is 5.97. The van der Waals surface area contributed by atoms with Crippen molar-refractivity contribution >= 4 is 29.2 Å². The van der Waals surface area contributed by atoms with Gasteiger partial charge in [-0.25, -0.2) is 4.98 Å². The Kier molecular flexibility index (Phi) is 6.79. The molecule has 2 aliphatic heterocycles. The third kappa shape index (κ3) is 4.99. The molecule has 0 saturated carbocycles. The summed E-state index contributed by atoms with van der Waals surface area (Å²) < 4.78 is 38.4. The van der Waals surface area contributed by atoms with E-state index in [0.717, 1.165) is 12.3 Å². The first-order valence-electron chi connectivity index (χ1n) is 10.1. The zero-order valence-corrected chi connectivity index (χ0v) is 17.8. The first-order valence-corrected chi connectivity index (χ1v) is 10.5. The standard InChI is InChI=1S/C20H26ClF3N4O2/c1-13(2)18(29)27-7-9-28(10-8-27)19(30)14-3-5-26(6-4-14)17-16(21)11-15(12-25-17)20(22,23)24/h11-14H,3-10H2,1-2H3. The number of carbonyl (C=O) groups is 2. The van der Waals surface area contributed by atoms with E-state index in [0.29, 0.717) is 57.9 Å². The Bertz CT molecular complexity index is 787. The number of hydrogen-bond acceptors (Lipinski definition) is 4. The van der Waals surface area contributed by atoms with Crippen LogP contribution in [-0.4, -0.2) is 65.9 Å². The molecule has 1 aromatic rings. The number of nitrogens with zero attached hydrogens (tertiary/aromatic N) is 4. The lowest BCUT2D eigenvalue weighted by atomic mass is 9.95. The molecule has 0 bridgehead atoms. The molecule has 2 saturated heterocycles. The number of alkyl halides is 3. The molecule has 2 fully saturated rings. The summed E-state index contributed by atoms with van der Waals surface area (Å²) in [7, 11) is 0. The second-order valence-electron chi connectivity index (χ2n) is 8.09. The van der Waals surface area contributed by atoms with Crippen molar-refractivity contribution in [3.8, 4) is 0 Å². The summed E-state index contributed by atoms with van der Waals surface area (Å²) in [6.07, 6.45) is -2.53. The molecule has 0 spiro atoms. The van der Waals surface area contributed by atoms with Crippen molar-refractivity contribution in [1.82, 2.24) is 14.8 Å². The highest BCUT2D eigenvalue weighted by atomic mass is 35.5. The molecule has 0 N–H and O–H groups in total. The molecule has 0 aliphatic carbocycles. The van der Waals surface area contributed by atoms with E-state index in [1.807, 2.05) is 23.6 Å². The van der Waals surface area contributed by atoms with Gasteiger partial charge in [0.25, 0.3) is 0 Å². The molecule has 0 atom stereocenters. The lowest BCUT2D eigenvalue weighted by Crippen LogP contribution is -2.53. The zero-order chi connectivity index (χ0) is 22.1. The van der Waals surface area contributed by atoms with Crippen molar-refractivity contribution in [3.63, 3.8) is 0 Å². The Morgan fingerprint density at radius 3 is 2.13 bits per heavy atom. The van der Waals surface area contributed by atoms with Crippen LogP contribution >= 0.6 is 11.6 Å². The molecule has 30 heavy (non-hydrogen) atoms. The number of pyridine rings is 1. The van der Waals surface area contributed by atoms with Crippen LogP contribution in [0, 0.1) is 11.8 Å². The van der Waals surface area contributed by atoms with Crippen LogP contribution in [0.1, 0.15) is 32.3 Å². The van der Waals surface area contributed by atoms with E-state index in [1.165, 1.54) is 0 Å². The fourth-order valence-corrected chi connectivity index (χ4v) is 4.21. The van der Waals surface area contributed by atoms with Gasteiger partial charge in [-0.1, -0.05) is 25.4 Å². The monoisotopic (exact) mass is 446 g/mol. The molecule has 6 nitrogen and oxygen atoms in total. The highest BCUT2D eigenvalue weighted by Gasteiger charge is 2.34. The number of amides is 2. The first-order chi connectivity index (χ1) is 14.1. The summed E-state index contributed by atoms with van der Waals surface area (Å²) in [4.78, 5) is 34.3. The quantitative estimate of drug-likeness (QED) is 0.715. The molecular weight excluding hydrogens is 421 g/mol. The predicted octanol–water partition coefficient (Wildman–Crippen LogP) is 3.30. The van der Waals surface area contributed by atoms with Crippen LogP contribution in [0.3, 0.4) is 0 Å². The van der Waals surface area contributed by atoms with Crippen molar-refractivity contribution in [2.45, 2.75) is 32.9 Å². The normalized spacial score (nSPS) is 18.8. The molecule has 166 valence electrons. The van der Waals surface area contributed by atoms with Crippen LogP contribution in [0.2, 0.25) is 5.02 Å². The van der Waals surface area contributed by atoms with Gasteiger partial charge in [0.1, 0.15) is 5.82 Å². The molecular formula is C20H26ClF3N4O2. The third-order valence-electron chi connectivity index (χ3n) is 5.69. The highest BCUT2D eigenvalue weighted by molar-refractivity contribution is 6.33. The maximum Gasteiger partial charge on any atom is 0.417 e. The van der Waals surface area contributed by atoms with Crippen molar-refractivity contribution in [2.24, 2.45) is 11.8 Å². The molecule has 0 radical (unpaired) electrons. The maximum absolute atomic E-state index is 12.9. The number of halogens is 4. The number of piperazine rings is 1. The summed E-state index contributed by atoms with van der Waals surface area (Å²) in [5, 5.41) is -0.0412. The minimum absolute atomic E-state index is 0.0412. The van der Waals surface area contributed by atoms with Crippen molar-refractivity contribution in [2.75, 3.05) is 44.2 Å². The van der Waals surface area contributed by atoms with Gasteiger partial charge in [-0.2, -0.15) is 13.2 Å². The molecule has 2 aliphatic rings. The van der Waals surface area contributed by atoms with Gasteiger partial charge in [-0.05, 0) is 18.9 Å². The van der Waals surface area contributed by atoms with E-state index >= 15 is 0 Å². The fraction of sp³-hybridized carbons (Fsp3) is 0.650. The second kappa shape index (κ2) is 8.99. The van der Waals surface area contributed by atoms with Crippen LogP contribution in [0.25, 0.3) is 0 Å². The van der Waals surface area contributed by atoms with Gasteiger partial charge < -0.3 is 14.7 Å². The maximum atomic E-state index is 12.9. The van der Waals surface area contributed by atoms with Crippen molar-refractivity contribution in [1.29, 1.82) is 0 Å². The van der Waals surface area contributed by atoms with E-state index in [9.17, 15) is 22.8 Å². The second-order valence-corrected chi connectivity index (χ2v) is 8.50. The number of hydrogen-bond donors (Lipinski definition) is 0. The summed E-state index contributed by atoms with van der Waals surface area (Å²) in [5.74, 6) is 0.314. The van der Waals surface area contributed by atoms with Gasteiger partial charge >= 0.3 is 6.18 Å². The average molecular weight is 447 g/mol. The number of carbonyl (C=O) groups excluding carboxylic acids is 2. The van der Waals surface area contributed by atoms with E-state index < -0.39 is 11.7 Å².